The van der Waals surface area contributed by atoms with Crippen molar-refractivity contribution in [2.45, 2.75) is 0 Å². The molecule has 4 nitrogen and oxygen atoms in total. The van der Waals surface area contributed by atoms with Gasteiger partial charge in [0.15, 0.2) is 0 Å². The van der Waals surface area contributed by atoms with Gasteiger partial charge in [0.05, 0.1) is 5.02 Å². The van der Waals surface area contributed by atoms with E-state index in [-0.39, 0.29) is 11.7 Å². The van der Waals surface area contributed by atoms with Gasteiger partial charge in [-0.1, -0.05) is 29.8 Å². The molecule has 0 aliphatic carbocycles. The Kier molecular flexibility index (Phi) is 4.09. The van der Waals surface area contributed by atoms with Crippen LogP contribution in [0.15, 0.2) is 48.5 Å². The van der Waals surface area contributed by atoms with Crippen LogP contribution in [0.2, 0.25) is 5.02 Å². The molecular weight excluding hydrogens is 341 g/mol. The van der Waals surface area contributed by atoms with Gasteiger partial charge >= 0.3 is 0 Å². The Bertz CT molecular complexity index is 914. The zero-order valence-electron chi connectivity index (χ0n) is 13.5. The molecule has 25 heavy (non-hydrogen) atoms. The number of rotatable bonds is 2. The van der Waals surface area contributed by atoms with Gasteiger partial charge in [-0.05, 0) is 30.3 Å². The molecule has 3 aromatic rings. The number of aromatic amines is 1. The third kappa shape index (κ3) is 2.96. The monoisotopic (exact) mass is 357 g/mol. The van der Waals surface area contributed by atoms with Crippen molar-refractivity contribution < 1.29 is 9.18 Å². The van der Waals surface area contributed by atoms with Gasteiger partial charge in [-0.15, -0.1) is 0 Å². The van der Waals surface area contributed by atoms with Crippen molar-refractivity contribution >= 4 is 34.1 Å². The molecule has 4 rings (SSSR count). The smallest absolute Gasteiger partial charge is 0.271 e. The van der Waals surface area contributed by atoms with Gasteiger partial charge in [-0.3, -0.25) is 4.79 Å². The fourth-order valence-corrected chi connectivity index (χ4v) is 3.53. The van der Waals surface area contributed by atoms with Gasteiger partial charge < -0.3 is 14.8 Å². The maximum atomic E-state index is 13.0. The van der Waals surface area contributed by atoms with Crippen molar-refractivity contribution in [3.05, 3.63) is 65.1 Å². The molecule has 2 aromatic carbocycles. The number of carbonyl (C=O) groups is 1. The topological polar surface area (TPSA) is 39.3 Å². The zero-order chi connectivity index (χ0) is 17.4. The first-order valence-electron chi connectivity index (χ1n) is 8.19. The Hall–Kier alpha value is -2.53. The summed E-state index contributed by atoms with van der Waals surface area (Å²) in [4.78, 5) is 19.9. The molecule has 0 radical (unpaired) electrons. The number of piperazine rings is 1. The molecule has 1 fully saturated rings. The van der Waals surface area contributed by atoms with E-state index in [1.54, 1.807) is 17.0 Å². The Morgan fingerprint density at radius 2 is 1.68 bits per heavy atom. The Balaban J connectivity index is 1.49. The van der Waals surface area contributed by atoms with Gasteiger partial charge in [0.2, 0.25) is 0 Å². The summed E-state index contributed by atoms with van der Waals surface area (Å²) in [5.41, 5.74) is 2.27. The minimum atomic E-state index is -0.244. The van der Waals surface area contributed by atoms with Gasteiger partial charge in [-0.25, -0.2) is 4.39 Å². The summed E-state index contributed by atoms with van der Waals surface area (Å²) in [6.45, 7) is 2.61. The predicted octanol–water partition coefficient (Wildman–Crippen LogP) is 3.92. The zero-order valence-corrected chi connectivity index (χ0v) is 14.3. The number of amides is 1. The highest BCUT2D eigenvalue weighted by Crippen LogP contribution is 2.28. The fourth-order valence-electron chi connectivity index (χ4n) is 3.23. The van der Waals surface area contributed by atoms with Crippen molar-refractivity contribution in [3.8, 4) is 0 Å². The quantitative estimate of drug-likeness (QED) is 0.755. The molecule has 0 bridgehead atoms. The van der Waals surface area contributed by atoms with Crippen molar-refractivity contribution in [1.29, 1.82) is 0 Å². The van der Waals surface area contributed by atoms with Crippen molar-refractivity contribution in [2.75, 3.05) is 31.1 Å². The van der Waals surface area contributed by atoms with Crippen LogP contribution in [0, 0.1) is 5.82 Å². The summed E-state index contributed by atoms with van der Waals surface area (Å²) < 4.78 is 13.0. The molecule has 1 N–H and O–H groups in total. The highest BCUT2D eigenvalue weighted by atomic mass is 35.5. The standard InChI is InChI=1S/C19H17ClFN3O/c20-17-15-3-1-2-4-16(15)22-18(17)19(25)24-11-9-23(10-12-24)14-7-5-13(21)6-8-14/h1-8,22H,9-12H2. The lowest BCUT2D eigenvalue weighted by molar-refractivity contribution is 0.0742. The molecule has 0 spiro atoms. The van der Waals surface area contributed by atoms with Crippen LogP contribution in [-0.2, 0) is 0 Å². The maximum absolute atomic E-state index is 13.0. The lowest BCUT2D eigenvalue weighted by Crippen LogP contribution is -2.49. The molecule has 1 aliphatic rings. The second-order valence-electron chi connectivity index (χ2n) is 6.12. The summed E-state index contributed by atoms with van der Waals surface area (Å²) in [7, 11) is 0. The molecule has 6 heteroatoms. The van der Waals surface area contributed by atoms with E-state index < -0.39 is 0 Å². The average molecular weight is 358 g/mol. The minimum absolute atomic E-state index is 0.0834. The molecule has 2 heterocycles. The van der Waals surface area contributed by atoms with Crippen molar-refractivity contribution in [2.24, 2.45) is 0 Å². The lowest BCUT2D eigenvalue weighted by atomic mass is 10.2. The lowest BCUT2D eigenvalue weighted by Gasteiger charge is -2.36. The summed E-state index contributed by atoms with van der Waals surface area (Å²) in [5, 5.41) is 1.33. The predicted molar refractivity (Wildman–Crippen MR) is 97.8 cm³/mol. The van der Waals surface area contributed by atoms with Gasteiger partial charge in [0.1, 0.15) is 11.5 Å². The van der Waals surface area contributed by atoms with Crippen LogP contribution in [0.5, 0.6) is 0 Å². The maximum Gasteiger partial charge on any atom is 0.271 e. The number of nitrogens with one attached hydrogen (secondary N) is 1. The number of aromatic nitrogens is 1. The number of fused-ring (bicyclic) bond motifs is 1. The summed E-state index contributed by atoms with van der Waals surface area (Å²) in [5.74, 6) is -0.328. The Labute approximate surface area is 149 Å². The molecule has 128 valence electrons. The van der Waals surface area contributed by atoms with E-state index >= 15 is 0 Å². The molecule has 0 atom stereocenters. The second-order valence-corrected chi connectivity index (χ2v) is 6.49. The Morgan fingerprint density at radius 3 is 2.36 bits per heavy atom. The van der Waals surface area contributed by atoms with Crippen LogP contribution in [0.1, 0.15) is 10.5 Å². The Morgan fingerprint density at radius 1 is 1.00 bits per heavy atom. The fraction of sp³-hybridized carbons (Fsp3) is 0.211. The molecule has 1 aliphatic heterocycles. The van der Waals surface area contributed by atoms with Crippen LogP contribution in [-0.4, -0.2) is 42.0 Å². The first-order valence-corrected chi connectivity index (χ1v) is 8.57. The van der Waals surface area contributed by atoms with Gasteiger partial charge in [0.25, 0.3) is 5.91 Å². The van der Waals surface area contributed by atoms with E-state index in [1.165, 1.54) is 12.1 Å². The van der Waals surface area contributed by atoms with Crippen LogP contribution in [0.3, 0.4) is 0 Å². The third-order valence-electron chi connectivity index (χ3n) is 4.62. The number of hydrogen-bond donors (Lipinski definition) is 1. The summed E-state index contributed by atoms with van der Waals surface area (Å²) in [6.07, 6.45) is 0. The highest BCUT2D eigenvalue weighted by Gasteiger charge is 2.25. The largest absolute Gasteiger partial charge is 0.368 e. The normalized spacial score (nSPS) is 15.0. The number of halogens is 2. The molecule has 1 aromatic heterocycles. The second kappa shape index (κ2) is 6.41. The van der Waals surface area contributed by atoms with Gasteiger partial charge in [-0.2, -0.15) is 0 Å². The van der Waals surface area contributed by atoms with Crippen molar-refractivity contribution in [1.82, 2.24) is 9.88 Å². The summed E-state index contributed by atoms with van der Waals surface area (Å²) in [6, 6.07) is 14.1. The number of nitrogens with zero attached hydrogens (tertiary/aromatic N) is 2. The highest BCUT2D eigenvalue weighted by molar-refractivity contribution is 6.38. The van der Waals surface area contributed by atoms with E-state index in [0.29, 0.717) is 36.9 Å². The molecule has 1 saturated heterocycles. The first-order chi connectivity index (χ1) is 12.1. The van der Waals surface area contributed by atoms with Crippen LogP contribution < -0.4 is 4.90 Å². The van der Waals surface area contributed by atoms with Crippen LogP contribution >= 0.6 is 11.6 Å². The number of benzene rings is 2. The number of H-pyrrole nitrogens is 1. The third-order valence-corrected chi connectivity index (χ3v) is 5.01. The van der Waals surface area contributed by atoms with E-state index in [1.807, 2.05) is 24.3 Å². The number of carbonyl (C=O) groups excluding carboxylic acids is 1. The number of hydrogen-bond acceptors (Lipinski definition) is 2. The van der Waals surface area contributed by atoms with E-state index in [0.717, 1.165) is 16.6 Å². The molecular formula is C19H17ClFN3O. The number of para-hydroxylation sites is 1. The molecule has 1 amide bonds. The average Bonchev–Trinajstić information content (AvgIpc) is 2.99. The van der Waals surface area contributed by atoms with E-state index in [2.05, 4.69) is 9.88 Å². The first kappa shape index (κ1) is 16.0. The van der Waals surface area contributed by atoms with Gasteiger partial charge in [0, 0.05) is 42.8 Å². The van der Waals surface area contributed by atoms with E-state index in [4.69, 9.17) is 11.6 Å². The minimum Gasteiger partial charge on any atom is -0.368 e. The van der Waals surface area contributed by atoms with Crippen LogP contribution in [0.25, 0.3) is 10.9 Å². The van der Waals surface area contributed by atoms with Crippen LogP contribution in [0.4, 0.5) is 10.1 Å². The molecule has 0 unspecified atom stereocenters. The number of anilines is 1. The van der Waals surface area contributed by atoms with Crippen molar-refractivity contribution in [3.63, 3.8) is 0 Å². The summed E-state index contributed by atoms with van der Waals surface area (Å²) >= 11 is 6.39. The molecule has 0 saturated carbocycles. The SMILES string of the molecule is O=C(c1[nH]c2ccccc2c1Cl)N1CCN(c2ccc(F)cc2)CC1. The van der Waals surface area contributed by atoms with E-state index in [9.17, 15) is 9.18 Å².